The summed E-state index contributed by atoms with van der Waals surface area (Å²) < 4.78 is 22.6. The van der Waals surface area contributed by atoms with Crippen LogP contribution in [0.1, 0.15) is 1.37 Å². The molecule has 0 radical (unpaired) electrons. The summed E-state index contributed by atoms with van der Waals surface area (Å²) in [5.41, 5.74) is 0. The molecule has 1 rings (SSSR count). The number of hydrogen-bond acceptors (Lipinski definition) is 3. The van der Waals surface area contributed by atoms with Gasteiger partial charge in [-0.15, -0.1) is 0 Å². The fourth-order valence-corrected chi connectivity index (χ4v) is 0.877. The fourth-order valence-electron chi connectivity index (χ4n) is 0.877. The van der Waals surface area contributed by atoms with Gasteiger partial charge in [-0.3, -0.25) is 0 Å². The second-order valence-electron chi connectivity index (χ2n) is 2.14. The Morgan fingerprint density at radius 2 is 1.75 bits per heavy atom. The minimum absolute atomic E-state index is 0.278. The van der Waals surface area contributed by atoms with Gasteiger partial charge in [-0.1, -0.05) is 0 Å². The fraction of sp³-hybridized carbons (Fsp3) is 0.333. The average Bonchev–Trinajstić information content (AvgIpc) is 2.17. The van der Waals surface area contributed by atoms with Gasteiger partial charge >= 0.3 is 0 Å². The molecule has 0 saturated carbocycles. The highest BCUT2D eigenvalue weighted by atomic mass is 16.5. The molecule has 0 unspecified atom stereocenters. The van der Waals surface area contributed by atoms with Crippen LogP contribution in [0.2, 0.25) is 0 Å². The van der Waals surface area contributed by atoms with Gasteiger partial charge in [0.15, 0.2) is 11.5 Å². The molecule has 0 aliphatic rings. The lowest BCUT2D eigenvalue weighted by Crippen LogP contribution is -1.91. The van der Waals surface area contributed by atoms with E-state index in [2.05, 4.69) is 0 Å². The van der Waals surface area contributed by atoms with E-state index in [1.165, 1.54) is 14.2 Å². The molecule has 0 amide bonds. The minimum Gasteiger partial charge on any atom is -0.497 e. The van der Waals surface area contributed by atoms with Crippen molar-refractivity contribution < 1.29 is 15.6 Å². The Bertz CT molecular complexity index is 299. The molecular formula is C9H12O3. The maximum Gasteiger partial charge on any atom is 0.164 e. The number of rotatable bonds is 3. The molecular weight excluding hydrogens is 156 g/mol. The molecule has 0 spiro atoms. The van der Waals surface area contributed by atoms with Crippen LogP contribution in [0.3, 0.4) is 0 Å². The van der Waals surface area contributed by atoms with Crippen molar-refractivity contribution in [2.24, 2.45) is 0 Å². The summed E-state index contributed by atoms with van der Waals surface area (Å²) in [6, 6.07) is 3.46. The van der Waals surface area contributed by atoms with Gasteiger partial charge < -0.3 is 14.2 Å². The summed E-state index contributed by atoms with van der Waals surface area (Å²) in [7, 11) is 4.59. The quantitative estimate of drug-likeness (QED) is 0.689. The van der Waals surface area contributed by atoms with E-state index in [0.717, 1.165) is 0 Å². The lowest BCUT2D eigenvalue weighted by Gasteiger charge is -2.08. The summed E-state index contributed by atoms with van der Waals surface area (Å²) in [6.45, 7) is 0. The van der Waals surface area contributed by atoms with E-state index in [0.29, 0.717) is 17.2 Å². The summed E-state index contributed by atoms with van der Waals surface area (Å²) in [4.78, 5) is 0. The van der Waals surface area contributed by atoms with Crippen molar-refractivity contribution >= 4 is 0 Å². The molecule has 3 nitrogen and oxygen atoms in total. The Morgan fingerprint density at radius 3 is 2.25 bits per heavy atom. The zero-order valence-corrected chi connectivity index (χ0v) is 7.38. The predicted molar refractivity (Wildman–Crippen MR) is 46.1 cm³/mol. The average molecular weight is 169 g/mol. The van der Waals surface area contributed by atoms with Gasteiger partial charge in [0.1, 0.15) is 5.75 Å². The monoisotopic (exact) mass is 169 g/mol. The third kappa shape index (κ3) is 1.61. The highest BCUT2D eigenvalue weighted by Crippen LogP contribution is 2.30. The Hall–Kier alpha value is -1.38. The highest BCUT2D eigenvalue weighted by molar-refractivity contribution is 5.45. The van der Waals surface area contributed by atoms with Gasteiger partial charge in [-0.05, 0) is 12.1 Å². The third-order valence-corrected chi connectivity index (χ3v) is 1.51. The summed E-state index contributed by atoms with van der Waals surface area (Å²) >= 11 is 0. The lowest BCUT2D eigenvalue weighted by atomic mass is 10.3. The smallest absolute Gasteiger partial charge is 0.164 e. The van der Waals surface area contributed by atoms with Gasteiger partial charge in [-0.25, -0.2) is 0 Å². The Kier molecular flexibility index (Phi) is 2.34. The maximum atomic E-state index is 7.53. The van der Waals surface area contributed by atoms with Crippen LogP contribution in [-0.4, -0.2) is 21.3 Å². The molecule has 1 aromatic carbocycles. The predicted octanol–water partition coefficient (Wildman–Crippen LogP) is 1.71. The van der Waals surface area contributed by atoms with Crippen LogP contribution in [0.15, 0.2) is 18.2 Å². The van der Waals surface area contributed by atoms with Crippen LogP contribution in [0.25, 0.3) is 0 Å². The van der Waals surface area contributed by atoms with Crippen molar-refractivity contribution in [2.45, 2.75) is 0 Å². The molecule has 0 aliphatic carbocycles. The summed E-state index contributed by atoms with van der Waals surface area (Å²) in [6.07, 6.45) is 0. The third-order valence-electron chi connectivity index (χ3n) is 1.51. The van der Waals surface area contributed by atoms with Crippen LogP contribution in [0.4, 0.5) is 0 Å². The Balaban J connectivity index is 3.18. The van der Waals surface area contributed by atoms with Crippen molar-refractivity contribution in [3.05, 3.63) is 18.2 Å². The van der Waals surface area contributed by atoms with E-state index >= 15 is 0 Å². The van der Waals surface area contributed by atoms with E-state index in [4.69, 9.17) is 15.6 Å². The molecule has 66 valence electrons. The van der Waals surface area contributed by atoms with Gasteiger partial charge in [-0.2, -0.15) is 0 Å². The number of hydrogen-bond donors (Lipinski definition) is 0. The van der Waals surface area contributed by atoms with Gasteiger partial charge in [0.05, 0.1) is 22.7 Å². The molecule has 12 heavy (non-hydrogen) atoms. The first kappa shape index (κ1) is 7.28. The molecule has 0 bridgehead atoms. The van der Waals surface area contributed by atoms with Crippen LogP contribution in [0, 0.1) is 0 Å². The topological polar surface area (TPSA) is 27.7 Å². The molecule has 0 fully saturated rings. The molecule has 1 aromatic rings. The number of benzene rings is 1. The van der Waals surface area contributed by atoms with E-state index in [-0.39, 0.29) is 6.04 Å². The van der Waals surface area contributed by atoms with Crippen molar-refractivity contribution in [3.8, 4) is 17.2 Å². The summed E-state index contributed by atoms with van der Waals surface area (Å²) in [5.74, 6) is 1.57. The molecule has 0 saturated heterocycles. The maximum absolute atomic E-state index is 7.53. The van der Waals surface area contributed by atoms with Crippen molar-refractivity contribution in [1.82, 2.24) is 0 Å². The minimum atomic E-state index is 0.278. The van der Waals surface area contributed by atoms with Crippen LogP contribution in [-0.2, 0) is 0 Å². The van der Waals surface area contributed by atoms with Crippen LogP contribution < -0.4 is 14.2 Å². The molecule has 0 N–H and O–H groups in total. The number of methoxy groups -OCH3 is 3. The zero-order valence-electron chi connectivity index (χ0n) is 8.38. The standard InChI is InChI=1S/C9H12O3/c1-10-7-4-5-8(11-2)9(6-7)12-3/h4-6H,1-3H3/i4D. The zero-order chi connectivity index (χ0) is 9.84. The van der Waals surface area contributed by atoms with Crippen LogP contribution >= 0.6 is 0 Å². The summed E-state index contributed by atoms with van der Waals surface area (Å²) in [5, 5.41) is 0. The molecule has 0 atom stereocenters. The van der Waals surface area contributed by atoms with Crippen molar-refractivity contribution in [1.29, 1.82) is 0 Å². The van der Waals surface area contributed by atoms with Crippen molar-refractivity contribution in [3.63, 3.8) is 0 Å². The van der Waals surface area contributed by atoms with E-state index < -0.39 is 0 Å². The van der Waals surface area contributed by atoms with Crippen molar-refractivity contribution in [2.75, 3.05) is 21.3 Å². The SMILES string of the molecule is [2H]c1cc(OC)c(OC)cc1OC. The highest BCUT2D eigenvalue weighted by Gasteiger charge is 2.03. The first-order valence-corrected chi connectivity index (χ1v) is 3.49. The van der Waals surface area contributed by atoms with Gasteiger partial charge in [0.2, 0.25) is 0 Å². The van der Waals surface area contributed by atoms with E-state index in [1.54, 1.807) is 19.2 Å². The molecule has 0 aliphatic heterocycles. The molecule has 3 heteroatoms. The Morgan fingerprint density at radius 1 is 1.08 bits per heavy atom. The van der Waals surface area contributed by atoms with Gasteiger partial charge in [0.25, 0.3) is 0 Å². The second-order valence-corrected chi connectivity index (χ2v) is 2.14. The first-order chi connectivity index (χ1) is 6.22. The van der Waals surface area contributed by atoms with E-state index in [1.807, 2.05) is 0 Å². The largest absolute Gasteiger partial charge is 0.497 e. The van der Waals surface area contributed by atoms with Crippen LogP contribution in [0.5, 0.6) is 17.2 Å². The second kappa shape index (κ2) is 3.85. The number of ether oxygens (including phenoxy) is 3. The first-order valence-electron chi connectivity index (χ1n) is 3.99. The normalized spacial score (nSPS) is 10.4. The van der Waals surface area contributed by atoms with Gasteiger partial charge in [0, 0.05) is 6.07 Å². The molecule has 0 heterocycles. The Labute approximate surface area is 73.3 Å². The van der Waals surface area contributed by atoms with E-state index in [9.17, 15) is 0 Å². The molecule has 0 aromatic heterocycles. The lowest BCUT2D eigenvalue weighted by molar-refractivity contribution is 0.349.